The fourth-order valence-electron chi connectivity index (χ4n) is 2.47. The van der Waals surface area contributed by atoms with E-state index in [1.807, 2.05) is 54.6 Å². The summed E-state index contributed by atoms with van der Waals surface area (Å²) in [7, 11) is 1.60. The lowest BCUT2D eigenvalue weighted by molar-refractivity contribution is 0.281. The lowest BCUT2D eigenvalue weighted by Gasteiger charge is -2.12. The highest BCUT2D eigenvalue weighted by molar-refractivity contribution is 5.69. The van der Waals surface area contributed by atoms with Gasteiger partial charge in [0.15, 0.2) is 0 Å². The van der Waals surface area contributed by atoms with E-state index in [-0.39, 0.29) is 6.61 Å². The first kappa shape index (κ1) is 16.0. The minimum atomic E-state index is -0.0501. The molecule has 0 aliphatic carbocycles. The number of aliphatic hydroxyl groups excluding tert-OH is 1. The SMILES string of the molecule is COc1cncc(-c2cc(OCc3ccccc3)ccc2CO)c1. The van der Waals surface area contributed by atoms with Crippen LogP contribution < -0.4 is 9.47 Å². The molecular weight excluding hydrogens is 302 g/mol. The highest BCUT2D eigenvalue weighted by Gasteiger charge is 2.09. The maximum atomic E-state index is 9.61. The molecule has 3 aromatic rings. The van der Waals surface area contributed by atoms with Gasteiger partial charge in [-0.25, -0.2) is 0 Å². The average molecular weight is 321 g/mol. The van der Waals surface area contributed by atoms with Crippen LogP contribution in [0.25, 0.3) is 11.1 Å². The van der Waals surface area contributed by atoms with Crippen molar-refractivity contribution in [2.24, 2.45) is 0 Å². The van der Waals surface area contributed by atoms with E-state index in [4.69, 9.17) is 9.47 Å². The molecule has 0 amide bonds. The van der Waals surface area contributed by atoms with Gasteiger partial charge in [-0.2, -0.15) is 0 Å². The molecule has 0 aliphatic heterocycles. The second-order valence-electron chi connectivity index (χ2n) is 5.36. The molecule has 0 bridgehead atoms. The van der Waals surface area contributed by atoms with Gasteiger partial charge in [0.25, 0.3) is 0 Å². The van der Waals surface area contributed by atoms with E-state index in [1.54, 1.807) is 19.5 Å². The zero-order valence-corrected chi connectivity index (χ0v) is 13.5. The Hall–Kier alpha value is -2.85. The first-order valence-electron chi connectivity index (χ1n) is 7.70. The van der Waals surface area contributed by atoms with Crippen LogP contribution in [0.4, 0.5) is 0 Å². The monoisotopic (exact) mass is 321 g/mol. The summed E-state index contributed by atoms with van der Waals surface area (Å²) in [5.74, 6) is 1.42. The molecule has 0 radical (unpaired) electrons. The quantitative estimate of drug-likeness (QED) is 0.750. The summed E-state index contributed by atoms with van der Waals surface area (Å²) in [6.45, 7) is 0.445. The number of hydrogen-bond donors (Lipinski definition) is 1. The molecule has 0 saturated heterocycles. The molecule has 4 nitrogen and oxygen atoms in total. The van der Waals surface area contributed by atoms with Crippen LogP contribution >= 0.6 is 0 Å². The van der Waals surface area contributed by atoms with Crippen LogP contribution in [0.2, 0.25) is 0 Å². The van der Waals surface area contributed by atoms with E-state index >= 15 is 0 Å². The normalized spacial score (nSPS) is 10.4. The molecule has 0 saturated carbocycles. The molecule has 0 spiro atoms. The molecule has 122 valence electrons. The molecule has 3 rings (SSSR count). The lowest BCUT2D eigenvalue weighted by atomic mass is 10.0. The second kappa shape index (κ2) is 7.62. The lowest BCUT2D eigenvalue weighted by Crippen LogP contribution is -1.97. The number of ether oxygens (including phenoxy) is 2. The Morgan fingerprint density at radius 1 is 0.958 bits per heavy atom. The number of rotatable bonds is 6. The number of aliphatic hydroxyl groups is 1. The third-order valence-electron chi connectivity index (χ3n) is 3.76. The third-order valence-corrected chi connectivity index (χ3v) is 3.76. The molecular formula is C20H19NO3. The van der Waals surface area contributed by atoms with E-state index < -0.39 is 0 Å². The third kappa shape index (κ3) is 3.73. The maximum Gasteiger partial charge on any atom is 0.137 e. The Bertz CT molecular complexity index is 803. The van der Waals surface area contributed by atoms with Crippen LogP contribution in [0, 0.1) is 0 Å². The van der Waals surface area contributed by atoms with Crippen molar-refractivity contribution >= 4 is 0 Å². The summed E-state index contributed by atoms with van der Waals surface area (Å²) in [6, 6.07) is 17.5. The van der Waals surface area contributed by atoms with Gasteiger partial charge in [-0.05, 0) is 34.9 Å². The van der Waals surface area contributed by atoms with Crippen LogP contribution in [-0.4, -0.2) is 17.2 Å². The van der Waals surface area contributed by atoms with Crippen molar-refractivity contribution < 1.29 is 14.6 Å². The summed E-state index contributed by atoms with van der Waals surface area (Å²) in [5.41, 5.74) is 3.68. The van der Waals surface area contributed by atoms with E-state index in [2.05, 4.69) is 4.98 Å². The Labute approximate surface area is 141 Å². The van der Waals surface area contributed by atoms with Crippen LogP contribution in [0.15, 0.2) is 67.0 Å². The van der Waals surface area contributed by atoms with Gasteiger partial charge >= 0.3 is 0 Å². The molecule has 2 aromatic carbocycles. The molecule has 0 aliphatic rings. The fourth-order valence-corrected chi connectivity index (χ4v) is 2.47. The number of aromatic nitrogens is 1. The van der Waals surface area contributed by atoms with Crippen molar-refractivity contribution in [2.75, 3.05) is 7.11 Å². The highest BCUT2D eigenvalue weighted by Crippen LogP contribution is 2.30. The van der Waals surface area contributed by atoms with Gasteiger partial charge in [-0.1, -0.05) is 36.4 Å². The topological polar surface area (TPSA) is 51.6 Å². The summed E-state index contributed by atoms with van der Waals surface area (Å²) in [4.78, 5) is 4.18. The van der Waals surface area contributed by atoms with Gasteiger partial charge in [0.1, 0.15) is 18.1 Å². The predicted octanol–water partition coefficient (Wildman–Crippen LogP) is 3.83. The smallest absolute Gasteiger partial charge is 0.137 e. The Morgan fingerprint density at radius 2 is 1.79 bits per heavy atom. The van der Waals surface area contributed by atoms with E-state index in [0.29, 0.717) is 12.4 Å². The standard InChI is InChI=1S/C20H19NO3/c1-23-19-9-17(11-21-12-19)20-10-18(8-7-16(20)13-22)24-14-15-5-3-2-4-6-15/h2-12,22H,13-14H2,1H3. The van der Waals surface area contributed by atoms with Gasteiger partial charge in [-0.15, -0.1) is 0 Å². The largest absolute Gasteiger partial charge is 0.495 e. The Kier molecular flexibility index (Phi) is 5.08. The molecule has 1 aromatic heterocycles. The fraction of sp³-hybridized carbons (Fsp3) is 0.150. The second-order valence-corrected chi connectivity index (χ2v) is 5.36. The van der Waals surface area contributed by atoms with Crippen LogP contribution in [-0.2, 0) is 13.2 Å². The van der Waals surface area contributed by atoms with E-state index in [0.717, 1.165) is 28.0 Å². The van der Waals surface area contributed by atoms with Crippen LogP contribution in [0.5, 0.6) is 11.5 Å². The molecule has 0 unspecified atom stereocenters. The Balaban J connectivity index is 1.87. The summed E-state index contributed by atoms with van der Waals surface area (Å²) >= 11 is 0. The first-order chi connectivity index (χ1) is 11.8. The number of benzene rings is 2. The van der Waals surface area contributed by atoms with E-state index in [9.17, 15) is 5.11 Å². The average Bonchev–Trinajstić information content (AvgIpc) is 2.67. The molecule has 1 heterocycles. The van der Waals surface area contributed by atoms with Gasteiger partial charge in [-0.3, -0.25) is 4.98 Å². The van der Waals surface area contributed by atoms with Crippen molar-refractivity contribution in [3.8, 4) is 22.6 Å². The van der Waals surface area contributed by atoms with Gasteiger partial charge in [0, 0.05) is 11.8 Å². The summed E-state index contributed by atoms with van der Waals surface area (Å²) in [5, 5.41) is 9.61. The van der Waals surface area contributed by atoms with Gasteiger partial charge in [0.05, 0.1) is 19.9 Å². The highest BCUT2D eigenvalue weighted by atomic mass is 16.5. The van der Waals surface area contributed by atoms with E-state index in [1.165, 1.54) is 0 Å². The maximum absolute atomic E-state index is 9.61. The summed E-state index contributed by atoms with van der Waals surface area (Å²) < 4.78 is 11.1. The zero-order chi connectivity index (χ0) is 16.8. The first-order valence-corrected chi connectivity index (χ1v) is 7.70. The zero-order valence-electron chi connectivity index (χ0n) is 13.5. The number of hydrogen-bond acceptors (Lipinski definition) is 4. The molecule has 1 N–H and O–H groups in total. The predicted molar refractivity (Wildman–Crippen MR) is 92.9 cm³/mol. The van der Waals surface area contributed by atoms with Gasteiger partial charge < -0.3 is 14.6 Å². The molecule has 0 fully saturated rings. The summed E-state index contributed by atoms with van der Waals surface area (Å²) in [6.07, 6.45) is 3.40. The number of nitrogens with zero attached hydrogens (tertiary/aromatic N) is 1. The minimum Gasteiger partial charge on any atom is -0.495 e. The van der Waals surface area contributed by atoms with Crippen LogP contribution in [0.3, 0.4) is 0 Å². The number of pyridine rings is 1. The van der Waals surface area contributed by atoms with Crippen molar-refractivity contribution in [2.45, 2.75) is 13.2 Å². The molecule has 0 atom stereocenters. The minimum absolute atomic E-state index is 0.0501. The number of methoxy groups -OCH3 is 1. The Morgan fingerprint density at radius 3 is 2.54 bits per heavy atom. The van der Waals surface area contributed by atoms with Crippen molar-refractivity contribution in [1.82, 2.24) is 4.98 Å². The molecule has 24 heavy (non-hydrogen) atoms. The van der Waals surface area contributed by atoms with Crippen molar-refractivity contribution in [3.63, 3.8) is 0 Å². The van der Waals surface area contributed by atoms with Crippen LogP contribution in [0.1, 0.15) is 11.1 Å². The van der Waals surface area contributed by atoms with Gasteiger partial charge in [0.2, 0.25) is 0 Å². The van der Waals surface area contributed by atoms with Crippen molar-refractivity contribution in [1.29, 1.82) is 0 Å². The van der Waals surface area contributed by atoms with Crippen molar-refractivity contribution in [3.05, 3.63) is 78.1 Å². The molecule has 4 heteroatoms.